The van der Waals surface area contributed by atoms with Crippen LogP contribution in [-0.4, -0.2) is 25.2 Å². The van der Waals surface area contributed by atoms with Crippen LogP contribution in [0.3, 0.4) is 0 Å². The summed E-state index contributed by atoms with van der Waals surface area (Å²) >= 11 is 0. The van der Waals surface area contributed by atoms with Crippen LogP contribution in [0.15, 0.2) is 95.0 Å². The first-order chi connectivity index (χ1) is 10.1. The third-order valence-electron chi connectivity index (χ3n) is 2.99. The van der Waals surface area contributed by atoms with E-state index in [0.717, 1.165) is 0 Å². The number of hydrogen-bond donors (Lipinski definition) is 0. The topological polar surface area (TPSA) is 58.9 Å². The summed E-state index contributed by atoms with van der Waals surface area (Å²) in [5.74, 6) is -1.22. The molecule has 0 atom stereocenters. The van der Waals surface area contributed by atoms with Gasteiger partial charge >= 0.3 is 0 Å². The van der Waals surface area contributed by atoms with Gasteiger partial charge in [0.05, 0.1) is 0 Å². The number of nitrogens with zero attached hydrogens (tertiary/aromatic N) is 2. The van der Waals surface area contributed by atoms with Gasteiger partial charge in [0, 0.05) is 11.1 Å². The summed E-state index contributed by atoms with van der Waals surface area (Å²) in [5, 5.41) is 0. The fourth-order valence-corrected chi connectivity index (χ4v) is 1.36. The van der Waals surface area contributed by atoms with Crippen LogP contribution < -0.4 is 0 Å². The van der Waals surface area contributed by atoms with Gasteiger partial charge in [0.25, 0.3) is 11.8 Å². The maximum Gasteiger partial charge on any atom is 0.276 e. The highest BCUT2D eigenvalue weighted by Gasteiger charge is 2.18. The number of rotatable bonds is 8. The van der Waals surface area contributed by atoms with Gasteiger partial charge in [-0.3, -0.25) is 9.59 Å². The van der Waals surface area contributed by atoms with E-state index in [1.54, 1.807) is 0 Å². The molecule has 0 aliphatic rings. The Bertz CT molecular complexity index is 630. The van der Waals surface area contributed by atoms with Crippen molar-refractivity contribution in [3.8, 4) is 0 Å². The van der Waals surface area contributed by atoms with E-state index in [0.29, 0.717) is 16.7 Å². The Morgan fingerprint density at radius 3 is 0.818 bits per heavy atom. The summed E-state index contributed by atoms with van der Waals surface area (Å²) in [5.41, 5.74) is 1.56. The lowest BCUT2D eigenvalue weighted by molar-refractivity contribution is -0.114. The number of amides is 2. The minimum atomic E-state index is -0.612. The van der Waals surface area contributed by atoms with Crippen LogP contribution in [0.25, 0.3) is 0 Å². The monoisotopic (exact) mass is 294 g/mol. The molecule has 0 spiro atoms. The zero-order valence-electron chi connectivity index (χ0n) is 12.6. The Balaban J connectivity index is 5.28. The van der Waals surface area contributed by atoms with E-state index in [1.165, 1.54) is 0 Å². The summed E-state index contributed by atoms with van der Waals surface area (Å²) in [6.45, 7) is 32.3. The Morgan fingerprint density at radius 2 is 0.636 bits per heavy atom. The van der Waals surface area contributed by atoms with Crippen LogP contribution in [0.5, 0.6) is 0 Å². The first-order valence-corrected chi connectivity index (χ1v) is 5.96. The number of carbonyl (C=O) groups is 2. The number of allylic oxidation sites excluding steroid dienone is 3. The van der Waals surface area contributed by atoms with Crippen LogP contribution >= 0.6 is 0 Å². The molecule has 0 saturated heterocycles. The molecule has 4 heteroatoms. The van der Waals surface area contributed by atoms with E-state index in [-0.39, 0.29) is 22.3 Å². The molecule has 0 heterocycles. The maximum atomic E-state index is 11.4. The van der Waals surface area contributed by atoms with Gasteiger partial charge in [0.1, 0.15) is 0 Å². The zero-order chi connectivity index (χ0) is 17.6. The molecule has 0 aromatic rings. The van der Waals surface area contributed by atoms with Crippen LogP contribution in [0.2, 0.25) is 0 Å². The molecule has 4 nitrogen and oxygen atoms in total. The molecular weight excluding hydrogens is 276 g/mol. The predicted molar refractivity (Wildman–Crippen MR) is 93.1 cm³/mol. The first-order valence-electron chi connectivity index (χ1n) is 5.96. The summed E-state index contributed by atoms with van der Waals surface area (Å²) in [7, 11) is 0. The number of aliphatic imine (C=N–C) groups is 2. The van der Waals surface area contributed by atoms with Gasteiger partial charge in [-0.05, 0) is 41.3 Å². The highest BCUT2D eigenvalue weighted by molar-refractivity contribution is 6.02. The molecular formula is C18H18N2O2. The molecule has 0 aromatic carbocycles. The van der Waals surface area contributed by atoms with Crippen molar-refractivity contribution in [2.24, 2.45) is 9.98 Å². The van der Waals surface area contributed by atoms with Crippen LogP contribution in [-0.2, 0) is 9.59 Å². The lowest BCUT2D eigenvalue weighted by atomic mass is 9.87. The zero-order valence-corrected chi connectivity index (χ0v) is 12.6. The fourth-order valence-electron chi connectivity index (χ4n) is 1.36. The fraction of sp³-hybridized carbons (Fsp3) is 0. The van der Waals surface area contributed by atoms with Crippen LogP contribution in [0.1, 0.15) is 0 Å². The summed E-state index contributed by atoms with van der Waals surface area (Å²) in [4.78, 5) is 29.4. The summed E-state index contributed by atoms with van der Waals surface area (Å²) < 4.78 is 0. The standard InChI is InChI=1S/C18H18N2O2/c1-10(11(2)13(4)15(6)17(21)19-8)12(3)14(5)16(7)18(22)20-9/h1-9H2. The van der Waals surface area contributed by atoms with Crippen molar-refractivity contribution in [1.29, 1.82) is 0 Å². The van der Waals surface area contributed by atoms with Crippen molar-refractivity contribution in [3.63, 3.8) is 0 Å². The minimum Gasteiger partial charge on any atom is -0.267 e. The van der Waals surface area contributed by atoms with Gasteiger partial charge in [-0.2, -0.15) is 0 Å². The lowest BCUT2D eigenvalue weighted by Crippen LogP contribution is -2.06. The molecule has 0 aliphatic carbocycles. The van der Waals surface area contributed by atoms with E-state index in [4.69, 9.17) is 0 Å². The number of carbonyl (C=O) groups excluding carboxylic acids is 2. The molecule has 0 fully saturated rings. The normalized spacial score (nSPS) is 9.09. The molecule has 0 N–H and O–H groups in total. The molecule has 0 aliphatic heterocycles. The maximum absolute atomic E-state index is 11.4. The van der Waals surface area contributed by atoms with Gasteiger partial charge in [-0.15, -0.1) is 0 Å². The first kappa shape index (κ1) is 18.9. The highest BCUT2D eigenvalue weighted by Crippen LogP contribution is 2.30. The van der Waals surface area contributed by atoms with Gasteiger partial charge in [0.15, 0.2) is 0 Å². The van der Waals surface area contributed by atoms with Gasteiger partial charge < -0.3 is 0 Å². The summed E-state index contributed by atoms with van der Waals surface area (Å²) in [6.07, 6.45) is 0. The number of hydrogen-bond acceptors (Lipinski definition) is 2. The SMILES string of the molecule is C=NC(=O)C(=C)C(=C)C(=C)C(=C)C(=C)C(=C)C(=C)C(=O)N=C. The van der Waals surface area contributed by atoms with Gasteiger partial charge in [-0.25, -0.2) is 9.98 Å². The predicted octanol–water partition coefficient (Wildman–Crippen LogP) is 3.33. The van der Waals surface area contributed by atoms with Crippen molar-refractivity contribution in [3.05, 3.63) is 85.1 Å². The Kier molecular flexibility index (Phi) is 6.51. The van der Waals surface area contributed by atoms with Gasteiger partial charge in [0.2, 0.25) is 0 Å². The molecule has 0 rings (SSSR count). The van der Waals surface area contributed by atoms with Gasteiger partial charge in [-0.1, -0.05) is 46.1 Å². The van der Waals surface area contributed by atoms with Crippen LogP contribution in [0.4, 0.5) is 0 Å². The van der Waals surface area contributed by atoms with Crippen LogP contribution in [0, 0.1) is 0 Å². The van der Waals surface area contributed by atoms with Crippen molar-refractivity contribution in [2.75, 3.05) is 0 Å². The second kappa shape index (κ2) is 7.59. The van der Waals surface area contributed by atoms with E-state index < -0.39 is 11.8 Å². The Morgan fingerprint density at radius 1 is 0.455 bits per heavy atom. The van der Waals surface area contributed by atoms with E-state index >= 15 is 0 Å². The van der Waals surface area contributed by atoms with Crippen molar-refractivity contribution < 1.29 is 9.59 Å². The van der Waals surface area contributed by atoms with E-state index in [9.17, 15) is 9.59 Å². The third kappa shape index (κ3) is 3.93. The van der Waals surface area contributed by atoms with Crippen molar-refractivity contribution in [1.82, 2.24) is 0 Å². The minimum absolute atomic E-state index is 0.0437. The average Bonchev–Trinajstić information content (AvgIpc) is 2.55. The molecule has 0 aromatic heterocycles. The molecule has 0 bridgehead atoms. The average molecular weight is 294 g/mol. The smallest absolute Gasteiger partial charge is 0.267 e. The summed E-state index contributed by atoms with van der Waals surface area (Å²) in [6, 6.07) is 0. The molecule has 2 amide bonds. The molecule has 0 radical (unpaired) electrons. The lowest BCUT2D eigenvalue weighted by Gasteiger charge is -2.16. The largest absolute Gasteiger partial charge is 0.276 e. The van der Waals surface area contributed by atoms with E-state index in [2.05, 4.69) is 69.5 Å². The second-order valence-electron chi connectivity index (χ2n) is 4.28. The molecule has 22 heavy (non-hydrogen) atoms. The second-order valence-corrected chi connectivity index (χ2v) is 4.28. The van der Waals surface area contributed by atoms with Crippen molar-refractivity contribution >= 4 is 25.2 Å². The third-order valence-corrected chi connectivity index (χ3v) is 2.99. The molecule has 0 saturated carbocycles. The Labute approximate surface area is 130 Å². The Hall–Kier alpha value is -3.14. The quantitative estimate of drug-likeness (QED) is 0.391. The van der Waals surface area contributed by atoms with E-state index in [1.807, 2.05) is 0 Å². The highest BCUT2D eigenvalue weighted by atomic mass is 16.1. The van der Waals surface area contributed by atoms with Crippen molar-refractivity contribution in [2.45, 2.75) is 0 Å². The molecule has 112 valence electrons. The molecule has 0 unspecified atom stereocenters.